The molecular weight excluding hydrogens is 298 g/mol. The number of hydrogen-bond acceptors (Lipinski definition) is 5. The van der Waals surface area contributed by atoms with E-state index in [0.29, 0.717) is 11.5 Å². The van der Waals surface area contributed by atoms with E-state index in [9.17, 15) is 4.79 Å². The van der Waals surface area contributed by atoms with Crippen molar-refractivity contribution >= 4 is 33.4 Å². The van der Waals surface area contributed by atoms with E-state index >= 15 is 0 Å². The summed E-state index contributed by atoms with van der Waals surface area (Å²) in [4.78, 5) is 15.2. The first-order chi connectivity index (χ1) is 8.21. The molecule has 0 aliphatic carbocycles. The molecule has 0 bridgehead atoms. The van der Waals surface area contributed by atoms with E-state index in [1.165, 1.54) is 6.92 Å². The first-order valence-corrected chi connectivity index (χ1v) is 6.35. The van der Waals surface area contributed by atoms with Gasteiger partial charge in [0.2, 0.25) is 0 Å². The van der Waals surface area contributed by atoms with Crippen LogP contribution in [0.5, 0.6) is 0 Å². The van der Waals surface area contributed by atoms with E-state index in [1.807, 2.05) is 20.8 Å². The van der Waals surface area contributed by atoms with Crippen LogP contribution in [0.25, 0.3) is 0 Å². The van der Waals surface area contributed by atoms with Crippen LogP contribution in [-0.2, 0) is 9.53 Å². The number of nitrogens with two attached hydrogens (primary N) is 1. The zero-order chi connectivity index (χ0) is 13.9. The van der Waals surface area contributed by atoms with E-state index < -0.39 is 5.54 Å². The van der Waals surface area contributed by atoms with Crippen LogP contribution in [0, 0.1) is 6.92 Å². The van der Waals surface area contributed by atoms with Gasteiger partial charge in [-0.3, -0.25) is 4.79 Å². The minimum Gasteiger partial charge on any atom is -0.463 e. The largest absolute Gasteiger partial charge is 0.463 e. The monoisotopic (exact) mass is 315 g/mol. The number of aryl methyl sites for hydroxylation is 1. The van der Waals surface area contributed by atoms with Crippen molar-refractivity contribution < 1.29 is 9.53 Å². The maximum absolute atomic E-state index is 10.8. The molecule has 0 radical (unpaired) electrons. The van der Waals surface area contributed by atoms with Crippen LogP contribution in [-0.4, -0.2) is 23.1 Å². The van der Waals surface area contributed by atoms with Gasteiger partial charge < -0.3 is 15.8 Å². The molecule has 0 atom stereocenters. The fraction of sp³-hybridized carbons (Fsp3) is 0.500. The molecule has 0 amide bonds. The van der Waals surface area contributed by atoms with E-state index in [4.69, 9.17) is 10.5 Å². The maximum atomic E-state index is 10.8. The van der Waals surface area contributed by atoms with Gasteiger partial charge in [0.15, 0.2) is 0 Å². The number of nitrogens with zero attached hydrogens (tertiary/aromatic N) is 1. The smallest absolute Gasteiger partial charge is 0.302 e. The molecule has 0 aromatic carbocycles. The molecule has 6 heteroatoms. The van der Waals surface area contributed by atoms with Gasteiger partial charge in [-0.25, -0.2) is 4.98 Å². The molecule has 0 saturated heterocycles. The standard InChI is InChI=1S/C12H18BrN3O2/c1-7-9(13)5-10(14)11(15-7)16-12(3,4)6-18-8(2)17/h5H,6,14H2,1-4H3,(H,15,16). The number of nitrogen functional groups attached to an aromatic ring is 1. The summed E-state index contributed by atoms with van der Waals surface area (Å²) in [6, 6.07) is 1.80. The van der Waals surface area contributed by atoms with Crippen molar-refractivity contribution in [1.29, 1.82) is 0 Å². The average molecular weight is 316 g/mol. The molecule has 0 spiro atoms. The maximum Gasteiger partial charge on any atom is 0.302 e. The molecule has 0 unspecified atom stereocenters. The van der Waals surface area contributed by atoms with Crippen molar-refractivity contribution in [3.05, 3.63) is 16.2 Å². The summed E-state index contributed by atoms with van der Waals surface area (Å²) in [6.07, 6.45) is 0. The first-order valence-electron chi connectivity index (χ1n) is 5.55. The van der Waals surface area contributed by atoms with Gasteiger partial charge in [0.25, 0.3) is 0 Å². The van der Waals surface area contributed by atoms with Gasteiger partial charge in [0, 0.05) is 11.4 Å². The minimum absolute atomic E-state index is 0.249. The second-order valence-corrected chi connectivity index (χ2v) is 5.64. The highest BCUT2D eigenvalue weighted by atomic mass is 79.9. The predicted octanol–water partition coefficient (Wildman–Crippen LogP) is 2.49. The Morgan fingerprint density at radius 1 is 1.61 bits per heavy atom. The molecule has 18 heavy (non-hydrogen) atoms. The molecule has 1 heterocycles. The third-order valence-electron chi connectivity index (χ3n) is 2.27. The number of halogens is 1. The summed E-state index contributed by atoms with van der Waals surface area (Å²) in [5.74, 6) is 0.283. The van der Waals surface area contributed by atoms with Crippen LogP contribution in [0.4, 0.5) is 11.5 Å². The third-order valence-corrected chi connectivity index (χ3v) is 3.08. The van der Waals surface area contributed by atoms with Crippen LogP contribution in [0.1, 0.15) is 26.5 Å². The number of anilines is 2. The number of pyridine rings is 1. The molecule has 0 fully saturated rings. The molecule has 3 N–H and O–H groups in total. The normalized spacial score (nSPS) is 11.2. The quantitative estimate of drug-likeness (QED) is 0.835. The minimum atomic E-state index is -0.437. The van der Waals surface area contributed by atoms with Crippen LogP contribution in [0.3, 0.4) is 0 Å². The summed E-state index contributed by atoms with van der Waals surface area (Å²) < 4.78 is 5.86. The van der Waals surface area contributed by atoms with Gasteiger partial charge in [-0.1, -0.05) is 0 Å². The van der Waals surface area contributed by atoms with Gasteiger partial charge in [-0.15, -0.1) is 0 Å². The van der Waals surface area contributed by atoms with Crippen LogP contribution >= 0.6 is 15.9 Å². The van der Waals surface area contributed by atoms with Crippen molar-refractivity contribution in [3.63, 3.8) is 0 Å². The first kappa shape index (κ1) is 14.8. The number of hydrogen-bond donors (Lipinski definition) is 2. The summed E-state index contributed by atoms with van der Waals surface area (Å²) in [5, 5.41) is 3.18. The Labute approximate surface area is 115 Å². The van der Waals surface area contributed by atoms with Crippen molar-refractivity contribution in [3.8, 4) is 0 Å². The number of ether oxygens (including phenoxy) is 1. The molecular formula is C12H18BrN3O2. The van der Waals surface area contributed by atoms with Gasteiger partial charge in [0.05, 0.1) is 16.9 Å². The van der Waals surface area contributed by atoms with Crippen LogP contribution < -0.4 is 11.1 Å². The number of esters is 1. The van der Waals surface area contributed by atoms with E-state index in [1.54, 1.807) is 6.07 Å². The van der Waals surface area contributed by atoms with Gasteiger partial charge in [0.1, 0.15) is 12.4 Å². The lowest BCUT2D eigenvalue weighted by molar-refractivity contribution is -0.142. The lowest BCUT2D eigenvalue weighted by Crippen LogP contribution is -2.37. The predicted molar refractivity (Wildman–Crippen MR) is 75.4 cm³/mol. The number of aromatic nitrogens is 1. The number of nitrogens with one attached hydrogen (secondary N) is 1. The topological polar surface area (TPSA) is 77.2 Å². The highest BCUT2D eigenvalue weighted by Crippen LogP contribution is 2.25. The molecule has 0 aliphatic rings. The zero-order valence-corrected chi connectivity index (χ0v) is 12.6. The van der Waals surface area contributed by atoms with Gasteiger partial charge in [-0.2, -0.15) is 0 Å². The van der Waals surface area contributed by atoms with Crippen molar-refractivity contribution in [2.24, 2.45) is 0 Å². The SMILES string of the molecule is CC(=O)OCC(C)(C)Nc1nc(C)c(Br)cc1N. The molecule has 5 nitrogen and oxygen atoms in total. The lowest BCUT2D eigenvalue weighted by atomic mass is 10.1. The Kier molecular flexibility index (Phi) is 4.56. The second-order valence-electron chi connectivity index (χ2n) is 4.78. The van der Waals surface area contributed by atoms with Crippen LogP contribution in [0.15, 0.2) is 10.5 Å². The number of rotatable bonds is 4. The Hall–Kier alpha value is -1.30. The third kappa shape index (κ3) is 4.18. The molecule has 0 saturated carbocycles. The van der Waals surface area contributed by atoms with Crippen molar-refractivity contribution in [2.75, 3.05) is 17.7 Å². The summed E-state index contributed by atoms with van der Waals surface area (Å²) in [7, 11) is 0. The summed E-state index contributed by atoms with van der Waals surface area (Å²) >= 11 is 3.37. The Morgan fingerprint density at radius 2 is 2.22 bits per heavy atom. The van der Waals surface area contributed by atoms with Crippen molar-refractivity contribution in [1.82, 2.24) is 4.98 Å². The van der Waals surface area contributed by atoms with Crippen molar-refractivity contribution in [2.45, 2.75) is 33.2 Å². The fourth-order valence-corrected chi connectivity index (χ4v) is 1.67. The molecule has 0 aliphatic heterocycles. The zero-order valence-electron chi connectivity index (χ0n) is 11.0. The fourth-order valence-electron chi connectivity index (χ4n) is 1.33. The molecule has 1 aromatic rings. The summed E-state index contributed by atoms with van der Waals surface area (Å²) in [6.45, 7) is 7.34. The highest BCUT2D eigenvalue weighted by molar-refractivity contribution is 9.10. The van der Waals surface area contributed by atoms with Gasteiger partial charge >= 0.3 is 5.97 Å². The lowest BCUT2D eigenvalue weighted by Gasteiger charge is -2.27. The second kappa shape index (κ2) is 5.56. The van der Waals surface area contributed by atoms with E-state index in [0.717, 1.165) is 10.2 Å². The number of carbonyl (C=O) groups is 1. The van der Waals surface area contributed by atoms with E-state index in [-0.39, 0.29) is 12.6 Å². The molecule has 100 valence electrons. The summed E-state index contributed by atoms with van der Waals surface area (Å²) in [5.41, 5.74) is 6.84. The average Bonchev–Trinajstić information content (AvgIpc) is 2.23. The number of carbonyl (C=O) groups excluding carboxylic acids is 1. The highest BCUT2D eigenvalue weighted by Gasteiger charge is 2.21. The Morgan fingerprint density at radius 3 is 2.78 bits per heavy atom. The molecule has 1 aromatic heterocycles. The Bertz CT molecular complexity index is 461. The molecule has 1 rings (SSSR count). The van der Waals surface area contributed by atoms with Gasteiger partial charge in [-0.05, 0) is 42.8 Å². The van der Waals surface area contributed by atoms with E-state index in [2.05, 4.69) is 26.2 Å². The van der Waals surface area contributed by atoms with Crippen LogP contribution in [0.2, 0.25) is 0 Å². The Balaban J connectivity index is 2.83.